The molecule has 4 nitrogen and oxygen atoms in total. The molecule has 4 rings (SSSR count). The van der Waals surface area contributed by atoms with E-state index in [1.54, 1.807) is 17.1 Å². The Labute approximate surface area is 136 Å². The summed E-state index contributed by atoms with van der Waals surface area (Å²) in [5.74, 6) is 2.37. The first-order chi connectivity index (χ1) is 11.2. The third-order valence-electron chi connectivity index (χ3n) is 5.66. The molecule has 4 atom stereocenters. The second-order valence-corrected chi connectivity index (χ2v) is 7.11. The van der Waals surface area contributed by atoms with Crippen molar-refractivity contribution in [3.63, 3.8) is 0 Å². The largest absolute Gasteiger partial charge is 0.349 e. The molecule has 120 valence electrons. The Morgan fingerprint density at radius 2 is 2.09 bits per heavy atom. The zero-order valence-electron chi connectivity index (χ0n) is 13.5. The van der Waals surface area contributed by atoms with Gasteiger partial charge in [-0.05, 0) is 56.1 Å². The molecule has 2 fully saturated rings. The summed E-state index contributed by atoms with van der Waals surface area (Å²) in [6.45, 7) is 2.16. The number of hydrogen-bond acceptors (Lipinski definition) is 2. The number of rotatable bonds is 4. The summed E-state index contributed by atoms with van der Waals surface area (Å²) >= 11 is 0. The van der Waals surface area contributed by atoms with Gasteiger partial charge in [-0.25, -0.2) is 4.68 Å². The molecular weight excluding hydrogens is 286 g/mol. The summed E-state index contributed by atoms with van der Waals surface area (Å²) in [7, 11) is 0. The highest BCUT2D eigenvalue weighted by Crippen LogP contribution is 2.49. The summed E-state index contributed by atoms with van der Waals surface area (Å²) < 4.78 is 1.75. The second-order valence-electron chi connectivity index (χ2n) is 7.11. The summed E-state index contributed by atoms with van der Waals surface area (Å²) in [4.78, 5) is 12.5. The fourth-order valence-electron chi connectivity index (χ4n) is 4.47. The minimum Gasteiger partial charge on any atom is -0.349 e. The number of aromatic nitrogens is 2. The van der Waals surface area contributed by atoms with Gasteiger partial charge in [-0.15, -0.1) is 0 Å². The number of benzene rings is 1. The zero-order valence-corrected chi connectivity index (χ0v) is 13.5. The number of carbonyl (C=O) groups excluding carboxylic acids is 1. The molecular formula is C19H23N3O. The van der Waals surface area contributed by atoms with E-state index in [9.17, 15) is 4.79 Å². The molecule has 2 aromatic rings. The van der Waals surface area contributed by atoms with Crippen molar-refractivity contribution in [3.8, 4) is 5.69 Å². The van der Waals surface area contributed by atoms with E-state index in [2.05, 4.69) is 17.3 Å². The van der Waals surface area contributed by atoms with E-state index >= 15 is 0 Å². The molecule has 1 aromatic heterocycles. The lowest BCUT2D eigenvalue weighted by molar-refractivity contribution is 0.0915. The highest BCUT2D eigenvalue weighted by atomic mass is 16.1. The van der Waals surface area contributed by atoms with Crippen molar-refractivity contribution >= 4 is 5.91 Å². The Morgan fingerprint density at radius 3 is 2.78 bits per heavy atom. The molecule has 2 aliphatic carbocycles. The quantitative estimate of drug-likeness (QED) is 0.940. The monoisotopic (exact) mass is 309 g/mol. The van der Waals surface area contributed by atoms with Gasteiger partial charge in [0.15, 0.2) is 0 Å². The van der Waals surface area contributed by atoms with Crippen molar-refractivity contribution in [2.24, 2.45) is 17.8 Å². The van der Waals surface area contributed by atoms with Gasteiger partial charge >= 0.3 is 0 Å². The van der Waals surface area contributed by atoms with Gasteiger partial charge in [0, 0.05) is 12.2 Å². The van der Waals surface area contributed by atoms with E-state index in [1.165, 1.54) is 25.7 Å². The van der Waals surface area contributed by atoms with Crippen molar-refractivity contribution in [2.45, 2.75) is 38.6 Å². The molecule has 2 aliphatic rings. The number of carbonyl (C=O) groups is 1. The van der Waals surface area contributed by atoms with Crippen molar-refractivity contribution in [1.82, 2.24) is 15.1 Å². The zero-order chi connectivity index (χ0) is 15.8. The third-order valence-corrected chi connectivity index (χ3v) is 5.66. The first-order valence-electron chi connectivity index (χ1n) is 8.61. The van der Waals surface area contributed by atoms with E-state index < -0.39 is 0 Å². The molecule has 1 N–H and O–H groups in total. The lowest BCUT2D eigenvalue weighted by atomic mass is 9.84. The van der Waals surface area contributed by atoms with E-state index in [-0.39, 0.29) is 11.9 Å². The smallest absolute Gasteiger partial charge is 0.254 e. The van der Waals surface area contributed by atoms with Crippen LogP contribution in [0.2, 0.25) is 0 Å². The van der Waals surface area contributed by atoms with Gasteiger partial charge < -0.3 is 5.32 Å². The molecule has 1 heterocycles. The van der Waals surface area contributed by atoms with Crippen LogP contribution in [-0.2, 0) is 0 Å². The van der Waals surface area contributed by atoms with Crippen LogP contribution < -0.4 is 5.32 Å². The molecule has 4 heteroatoms. The van der Waals surface area contributed by atoms with Gasteiger partial charge in [0.2, 0.25) is 0 Å². The molecule has 0 spiro atoms. The second kappa shape index (κ2) is 5.84. The number of amides is 1. The maximum absolute atomic E-state index is 12.5. The number of fused-ring (bicyclic) bond motifs is 2. The minimum absolute atomic E-state index is 0.0116. The Balaban J connectivity index is 1.42. The fraction of sp³-hybridized carbons (Fsp3) is 0.474. The molecule has 0 radical (unpaired) electrons. The SMILES string of the molecule is C[C@@H](NC(=O)c1cnn(-c2ccccc2)c1)[C@H]1C[C@H]2CC[C@H]1C2. The standard InChI is InChI=1S/C19H23N3O/c1-13(18-10-14-7-8-15(18)9-14)21-19(23)16-11-20-22(12-16)17-5-3-2-4-6-17/h2-6,11-15,18H,7-10H2,1H3,(H,21,23)/t13-,14+,15+,18-/m1/s1. The van der Waals surface area contributed by atoms with E-state index in [1.807, 2.05) is 30.3 Å². The maximum atomic E-state index is 12.5. The van der Waals surface area contributed by atoms with E-state index in [4.69, 9.17) is 0 Å². The molecule has 23 heavy (non-hydrogen) atoms. The predicted molar refractivity (Wildman–Crippen MR) is 89.4 cm³/mol. The van der Waals surface area contributed by atoms with Gasteiger partial charge in [-0.1, -0.05) is 24.6 Å². The van der Waals surface area contributed by atoms with Gasteiger partial charge in [0.1, 0.15) is 0 Å². The topological polar surface area (TPSA) is 46.9 Å². The Morgan fingerprint density at radius 1 is 1.26 bits per heavy atom. The van der Waals surface area contributed by atoms with Crippen LogP contribution in [0.4, 0.5) is 0 Å². The third kappa shape index (κ3) is 2.78. The molecule has 0 saturated heterocycles. The van der Waals surface area contributed by atoms with Crippen LogP contribution in [0, 0.1) is 17.8 Å². The summed E-state index contributed by atoms with van der Waals surface area (Å²) in [6, 6.07) is 10.1. The molecule has 2 bridgehead atoms. The molecule has 1 aromatic carbocycles. The van der Waals surface area contributed by atoms with Crippen LogP contribution in [0.1, 0.15) is 43.0 Å². The van der Waals surface area contributed by atoms with Crippen LogP contribution in [0.5, 0.6) is 0 Å². The first-order valence-corrected chi connectivity index (χ1v) is 8.61. The number of hydrogen-bond donors (Lipinski definition) is 1. The van der Waals surface area contributed by atoms with Crippen molar-refractivity contribution in [2.75, 3.05) is 0 Å². The lowest BCUT2D eigenvalue weighted by Crippen LogP contribution is -2.40. The highest BCUT2D eigenvalue weighted by Gasteiger charge is 2.42. The summed E-state index contributed by atoms with van der Waals surface area (Å²) in [6.07, 6.45) is 8.85. The lowest BCUT2D eigenvalue weighted by Gasteiger charge is -2.28. The average molecular weight is 309 g/mol. The average Bonchev–Trinajstić information content (AvgIpc) is 3.31. The Kier molecular flexibility index (Phi) is 3.68. The Hall–Kier alpha value is -2.10. The summed E-state index contributed by atoms with van der Waals surface area (Å²) in [5, 5.41) is 7.50. The van der Waals surface area contributed by atoms with Crippen molar-refractivity contribution in [3.05, 3.63) is 48.3 Å². The van der Waals surface area contributed by atoms with Crippen LogP contribution in [0.3, 0.4) is 0 Å². The van der Waals surface area contributed by atoms with Crippen molar-refractivity contribution < 1.29 is 4.79 Å². The van der Waals surface area contributed by atoms with Gasteiger partial charge in [-0.3, -0.25) is 4.79 Å². The molecule has 2 saturated carbocycles. The summed E-state index contributed by atoms with van der Waals surface area (Å²) in [5.41, 5.74) is 1.59. The fourth-order valence-corrected chi connectivity index (χ4v) is 4.47. The van der Waals surface area contributed by atoms with Gasteiger partial charge in [0.05, 0.1) is 17.4 Å². The maximum Gasteiger partial charge on any atom is 0.254 e. The van der Waals surface area contributed by atoms with E-state index in [0.717, 1.165) is 17.5 Å². The van der Waals surface area contributed by atoms with Crippen LogP contribution in [0.15, 0.2) is 42.7 Å². The Bertz CT molecular complexity index is 694. The number of nitrogens with zero attached hydrogens (tertiary/aromatic N) is 2. The molecule has 1 amide bonds. The van der Waals surface area contributed by atoms with E-state index in [0.29, 0.717) is 11.5 Å². The molecule has 0 unspecified atom stereocenters. The van der Waals surface area contributed by atoms with Gasteiger partial charge in [0.25, 0.3) is 5.91 Å². The predicted octanol–water partition coefficient (Wildman–Crippen LogP) is 3.43. The van der Waals surface area contributed by atoms with Gasteiger partial charge in [-0.2, -0.15) is 5.10 Å². The van der Waals surface area contributed by atoms with Crippen LogP contribution in [0.25, 0.3) is 5.69 Å². The number of nitrogens with one attached hydrogen (secondary N) is 1. The minimum atomic E-state index is -0.0116. The van der Waals surface area contributed by atoms with Crippen LogP contribution in [-0.4, -0.2) is 21.7 Å². The normalized spacial score (nSPS) is 27.1. The molecule has 0 aliphatic heterocycles. The number of para-hydroxylation sites is 1. The first kappa shape index (κ1) is 14.5. The van der Waals surface area contributed by atoms with Crippen LogP contribution >= 0.6 is 0 Å². The highest BCUT2D eigenvalue weighted by molar-refractivity contribution is 5.94. The van der Waals surface area contributed by atoms with Crippen molar-refractivity contribution in [1.29, 1.82) is 0 Å².